The van der Waals surface area contributed by atoms with Gasteiger partial charge in [0.25, 0.3) is 0 Å². The van der Waals surface area contributed by atoms with Gasteiger partial charge in [0.15, 0.2) is 0 Å². The first kappa shape index (κ1) is 5.42. The lowest BCUT2D eigenvalue weighted by atomic mass is 10.1. The highest BCUT2D eigenvalue weighted by atomic mass is 16.1. The van der Waals surface area contributed by atoms with E-state index >= 15 is 0 Å². The van der Waals surface area contributed by atoms with Crippen LogP contribution in [0.1, 0.15) is 25.7 Å². The molecule has 0 aromatic heterocycles. The van der Waals surface area contributed by atoms with Crippen LogP contribution >= 0.6 is 0 Å². The summed E-state index contributed by atoms with van der Waals surface area (Å²) in [4.78, 5) is 10.9. The lowest BCUT2D eigenvalue weighted by Crippen LogP contribution is -2.38. The van der Waals surface area contributed by atoms with E-state index in [1.165, 1.54) is 12.8 Å². The van der Waals surface area contributed by atoms with Crippen molar-refractivity contribution in [3.05, 3.63) is 0 Å². The van der Waals surface area contributed by atoms with Gasteiger partial charge >= 0.3 is 0 Å². The number of rotatable bonds is 0. The molecule has 0 aliphatic carbocycles. The Balaban J connectivity index is 2.11. The van der Waals surface area contributed by atoms with Crippen LogP contribution in [-0.4, -0.2) is 17.9 Å². The van der Waals surface area contributed by atoms with E-state index in [2.05, 4.69) is 5.32 Å². The average molecular weight is 125 g/mol. The van der Waals surface area contributed by atoms with Gasteiger partial charge in [-0.15, -0.1) is 0 Å². The second-order valence-electron chi connectivity index (χ2n) is 3.08. The van der Waals surface area contributed by atoms with Crippen molar-refractivity contribution < 1.29 is 4.79 Å². The van der Waals surface area contributed by atoms with Gasteiger partial charge in [-0.2, -0.15) is 0 Å². The molecule has 1 N–H and O–H groups in total. The molecule has 0 radical (unpaired) electrons. The summed E-state index contributed by atoms with van der Waals surface area (Å²) in [6, 6.07) is 1.08. The van der Waals surface area contributed by atoms with Crippen molar-refractivity contribution in [2.45, 2.75) is 37.8 Å². The molecule has 9 heavy (non-hydrogen) atoms. The van der Waals surface area contributed by atoms with Crippen LogP contribution in [-0.2, 0) is 4.79 Å². The molecule has 2 bridgehead atoms. The summed E-state index contributed by atoms with van der Waals surface area (Å²) in [5.41, 5.74) is 0. The predicted octanol–water partition coefficient (Wildman–Crippen LogP) is 0.470. The maximum absolute atomic E-state index is 10.9. The van der Waals surface area contributed by atoms with Gasteiger partial charge in [0, 0.05) is 24.9 Å². The van der Waals surface area contributed by atoms with Crippen molar-refractivity contribution in [3.63, 3.8) is 0 Å². The molecule has 2 aliphatic heterocycles. The van der Waals surface area contributed by atoms with Crippen LogP contribution < -0.4 is 5.32 Å². The largest absolute Gasteiger partial charge is 0.310 e. The van der Waals surface area contributed by atoms with Gasteiger partial charge in [-0.05, 0) is 12.8 Å². The minimum Gasteiger partial charge on any atom is -0.310 e. The first-order valence-corrected chi connectivity index (χ1v) is 3.62. The number of hydrogen-bond donors (Lipinski definition) is 1. The highest BCUT2D eigenvalue weighted by Crippen LogP contribution is 2.23. The van der Waals surface area contributed by atoms with Gasteiger partial charge in [-0.1, -0.05) is 0 Å². The summed E-state index contributed by atoms with van der Waals surface area (Å²) in [6.45, 7) is 0. The zero-order valence-corrected chi connectivity index (χ0v) is 5.39. The van der Waals surface area contributed by atoms with E-state index in [0.29, 0.717) is 17.9 Å². The molecule has 0 amide bonds. The molecule has 1 unspecified atom stereocenters. The number of fused-ring (bicyclic) bond motifs is 2. The Kier molecular flexibility index (Phi) is 1.09. The summed E-state index contributed by atoms with van der Waals surface area (Å²) < 4.78 is 0. The Morgan fingerprint density at radius 1 is 1.22 bits per heavy atom. The number of hydrogen-bond acceptors (Lipinski definition) is 2. The highest BCUT2D eigenvalue weighted by Gasteiger charge is 2.31. The van der Waals surface area contributed by atoms with Gasteiger partial charge in [-0.25, -0.2) is 0 Å². The zero-order valence-electron chi connectivity index (χ0n) is 5.39. The fourth-order valence-electron chi connectivity index (χ4n) is 1.86. The summed E-state index contributed by atoms with van der Waals surface area (Å²) in [7, 11) is 0. The van der Waals surface area contributed by atoms with E-state index in [-0.39, 0.29) is 0 Å². The minimum absolute atomic E-state index is 0.459. The van der Waals surface area contributed by atoms with Crippen molar-refractivity contribution >= 4 is 5.78 Å². The van der Waals surface area contributed by atoms with Gasteiger partial charge in [0.2, 0.25) is 0 Å². The van der Waals surface area contributed by atoms with Crippen LogP contribution in [0.3, 0.4) is 0 Å². The van der Waals surface area contributed by atoms with Crippen molar-refractivity contribution in [2.24, 2.45) is 0 Å². The van der Waals surface area contributed by atoms with E-state index in [4.69, 9.17) is 0 Å². The van der Waals surface area contributed by atoms with Crippen LogP contribution in [0.15, 0.2) is 0 Å². The van der Waals surface area contributed by atoms with Crippen LogP contribution in [0.2, 0.25) is 0 Å². The molecule has 50 valence electrons. The molecule has 2 heterocycles. The van der Waals surface area contributed by atoms with Crippen LogP contribution in [0.4, 0.5) is 0 Å². The predicted molar refractivity (Wildman–Crippen MR) is 34.2 cm³/mol. The molecule has 2 aliphatic rings. The number of nitrogens with one attached hydrogen (secondary N) is 1. The molecule has 0 aromatic rings. The van der Waals surface area contributed by atoms with E-state index in [9.17, 15) is 4.79 Å². The maximum Gasteiger partial charge on any atom is 0.136 e. The smallest absolute Gasteiger partial charge is 0.136 e. The van der Waals surface area contributed by atoms with E-state index < -0.39 is 0 Å². The standard InChI is InChI=1S/C7H11NO/c9-7-3-5-1-2-6(4-7)8-5/h5-6,8H,1-4H2/t5-,6?/m0/s1. The maximum atomic E-state index is 10.9. The van der Waals surface area contributed by atoms with Crippen LogP contribution in [0.25, 0.3) is 0 Å². The van der Waals surface area contributed by atoms with E-state index in [0.717, 1.165) is 12.8 Å². The van der Waals surface area contributed by atoms with Gasteiger partial charge in [0.05, 0.1) is 0 Å². The number of piperidine rings is 1. The van der Waals surface area contributed by atoms with Gasteiger partial charge in [-0.3, -0.25) is 4.79 Å². The second-order valence-corrected chi connectivity index (χ2v) is 3.08. The molecule has 0 saturated carbocycles. The lowest BCUT2D eigenvalue weighted by Gasteiger charge is -2.18. The fourth-order valence-corrected chi connectivity index (χ4v) is 1.86. The number of carbonyl (C=O) groups excluding carboxylic acids is 1. The molecule has 0 aromatic carbocycles. The van der Waals surface area contributed by atoms with Gasteiger partial charge < -0.3 is 5.32 Å². The molecule has 2 saturated heterocycles. The average Bonchev–Trinajstić information content (AvgIpc) is 2.11. The first-order chi connectivity index (χ1) is 4.34. The Bertz CT molecular complexity index is 130. The summed E-state index contributed by atoms with van der Waals surface area (Å²) in [5, 5.41) is 3.40. The number of Topliss-reactive ketones (excluding diaryl/α,β-unsaturated/α-hetero) is 1. The lowest BCUT2D eigenvalue weighted by molar-refractivity contribution is -0.120. The van der Waals surface area contributed by atoms with Gasteiger partial charge in [0.1, 0.15) is 5.78 Å². The van der Waals surface area contributed by atoms with Crippen molar-refractivity contribution in [1.29, 1.82) is 0 Å². The normalized spacial score (nSPS) is 41.6. The quantitative estimate of drug-likeness (QED) is 0.510. The third kappa shape index (κ3) is 0.874. The molecular formula is C7H11NO. The Labute approximate surface area is 54.6 Å². The molecule has 2 rings (SSSR count). The number of ketones is 1. The van der Waals surface area contributed by atoms with E-state index in [1.807, 2.05) is 0 Å². The molecule has 0 spiro atoms. The third-order valence-corrected chi connectivity index (χ3v) is 2.28. The molecule has 2 heteroatoms. The summed E-state index contributed by atoms with van der Waals surface area (Å²) >= 11 is 0. The monoisotopic (exact) mass is 125 g/mol. The van der Waals surface area contributed by atoms with Crippen molar-refractivity contribution in [1.82, 2.24) is 5.32 Å². The highest BCUT2D eigenvalue weighted by molar-refractivity contribution is 5.80. The number of carbonyl (C=O) groups is 1. The molecule has 2 fully saturated rings. The Morgan fingerprint density at radius 3 is 2.33 bits per heavy atom. The van der Waals surface area contributed by atoms with Crippen molar-refractivity contribution in [3.8, 4) is 0 Å². The zero-order chi connectivity index (χ0) is 6.27. The molecule has 2 atom stereocenters. The Morgan fingerprint density at radius 2 is 1.78 bits per heavy atom. The summed E-state index contributed by atoms with van der Waals surface area (Å²) in [6.07, 6.45) is 4.01. The van der Waals surface area contributed by atoms with E-state index in [1.54, 1.807) is 0 Å². The first-order valence-electron chi connectivity index (χ1n) is 3.62. The third-order valence-electron chi connectivity index (χ3n) is 2.28. The summed E-state index contributed by atoms with van der Waals surface area (Å²) in [5.74, 6) is 0.459. The minimum atomic E-state index is 0.459. The molecular weight excluding hydrogens is 114 g/mol. The topological polar surface area (TPSA) is 29.1 Å². The fraction of sp³-hybridized carbons (Fsp3) is 0.857. The molecule has 2 nitrogen and oxygen atoms in total. The van der Waals surface area contributed by atoms with Crippen LogP contribution in [0.5, 0.6) is 0 Å². The van der Waals surface area contributed by atoms with Crippen LogP contribution in [0, 0.1) is 0 Å². The van der Waals surface area contributed by atoms with Crippen molar-refractivity contribution in [2.75, 3.05) is 0 Å². The SMILES string of the molecule is O=C1CC2CC[C@@H](C1)N2. The second kappa shape index (κ2) is 1.81. The Hall–Kier alpha value is -0.370.